The third-order valence-electron chi connectivity index (χ3n) is 3.92. The molecule has 112 valence electrons. The Hall–Kier alpha value is -2.17. The lowest BCUT2D eigenvalue weighted by Crippen LogP contribution is -2.41. The minimum absolute atomic E-state index is 0.00290. The van der Waals surface area contributed by atoms with Crippen LogP contribution in [0.4, 0.5) is 10.5 Å². The summed E-state index contributed by atoms with van der Waals surface area (Å²) in [5.74, 6) is 0.275. The number of benzene rings is 1. The van der Waals surface area contributed by atoms with Gasteiger partial charge in [0.25, 0.3) is 0 Å². The average molecular weight is 288 g/mol. The first kappa shape index (κ1) is 15.2. The van der Waals surface area contributed by atoms with Crippen molar-refractivity contribution in [1.29, 1.82) is 0 Å². The summed E-state index contributed by atoms with van der Waals surface area (Å²) in [4.78, 5) is 36.3. The van der Waals surface area contributed by atoms with E-state index >= 15 is 0 Å². The highest BCUT2D eigenvalue weighted by molar-refractivity contribution is 5.95. The van der Waals surface area contributed by atoms with Crippen molar-refractivity contribution in [3.8, 4) is 0 Å². The molecule has 2 rings (SSSR count). The van der Waals surface area contributed by atoms with Crippen molar-refractivity contribution >= 4 is 23.3 Å². The van der Waals surface area contributed by atoms with E-state index in [0.29, 0.717) is 24.1 Å². The summed E-state index contributed by atoms with van der Waals surface area (Å²) in [5.41, 5.74) is 1.27. The summed E-state index contributed by atoms with van der Waals surface area (Å²) in [6, 6.07) is 6.73. The van der Waals surface area contributed by atoms with E-state index in [2.05, 4.69) is 5.32 Å². The van der Waals surface area contributed by atoms with Gasteiger partial charge >= 0.3 is 6.03 Å². The molecule has 1 N–H and O–H groups in total. The summed E-state index contributed by atoms with van der Waals surface area (Å²) in [6.45, 7) is 1.51. The van der Waals surface area contributed by atoms with Crippen molar-refractivity contribution in [3.63, 3.8) is 0 Å². The van der Waals surface area contributed by atoms with Gasteiger partial charge in [-0.25, -0.2) is 4.79 Å². The van der Waals surface area contributed by atoms with E-state index in [1.807, 2.05) is 0 Å². The zero-order valence-electron chi connectivity index (χ0n) is 12.4. The Morgan fingerprint density at radius 1 is 1.14 bits per heavy atom. The van der Waals surface area contributed by atoms with Crippen LogP contribution in [0.5, 0.6) is 0 Å². The Balaban J connectivity index is 1.94. The molecule has 1 aromatic carbocycles. The van der Waals surface area contributed by atoms with E-state index in [9.17, 15) is 14.4 Å². The van der Waals surface area contributed by atoms with Crippen LogP contribution in [0.15, 0.2) is 24.3 Å². The van der Waals surface area contributed by atoms with Gasteiger partial charge in [-0.2, -0.15) is 0 Å². The summed E-state index contributed by atoms with van der Waals surface area (Å²) in [7, 11) is 1.75. The highest BCUT2D eigenvalue weighted by Crippen LogP contribution is 2.20. The Morgan fingerprint density at radius 3 is 2.24 bits per heavy atom. The number of nitrogens with zero attached hydrogens (tertiary/aromatic N) is 1. The quantitative estimate of drug-likeness (QED) is 0.870. The molecule has 5 nitrogen and oxygen atoms in total. The summed E-state index contributed by atoms with van der Waals surface area (Å²) in [5, 5.41) is 2.81. The van der Waals surface area contributed by atoms with Gasteiger partial charge in [0.05, 0.1) is 0 Å². The van der Waals surface area contributed by atoms with Gasteiger partial charge in [-0.05, 0) is 44.0 Å². The summed E-state index contributed by atoms with van der Waals surface area (Å²) < 4.78 is 0. The molecule has 0 unspecified atom stereocenters. The molecule has 1 aromatic rings. The number of anilines is 1. The molecular formula is C16H20N2O3. The number of urea groups is 1. The lowest BCUT2D eigenvalue weighted by molar-refractivity contribution is -0.121. The number of amides is 2. The minimum atomic E-state index is -0.190. The summed E-state index contributed by atoms with van der Waals surface area (Å²) in [6.07, 6.45) is 2.56. The van der Waals surface area contributed by atoms with Crippen molar-refractivity contribution in [2.75, 3.05) is 12.4 Å². The first-order valence-electron chi connectivity index (χ1n) is 7.14. The smallest absolute Gasteiger partial charge is 0.321 e. The second kappa shape index (κ2) is 6.52. The van der Waals surface area contributed by atoms with Gasteiger partial charge in [-0.3, -0.25) is 9.59 Å². The van der Waals surface area contributed by atoms with Gasteiger partial charge in [0.2, 0.25) is 0 Å². The van der Waals surface area contributed by atoms with Crippen molar-refractivity contribution in [1.82, 2.24) is 4.90 Å². The maximum absolute atomic E-state index is 12.2. The number of hydrogen-bond donors (Lipinski definition) is 1. The Morgan fingerprint density at radius 2 is 1.71 bits per heavy atom. The van der Waals surface area contributed by atoms with Crippen LogP contribution in [0.1, 0.15) is 43.0 Å². The number of nitrogens with one attached hydrogen (secondary N) is 1. The lowest BCUT2D eigenvalue weighted by Gasteiger charge is -2.30. The fourth-order valence-electron chi connectivity index (χ4n) is 2.48. The molecular weight excluding hydrogens is 268 g/mol. The zero-order valence-corrected chi connectivity index (χ0v) is 12.4. The van der Waals surface area contributed by atoms with Crippen molar-refractivity contribution in [2.24, 2.45) is 0 Å². The molecule has 0 radical (unpaired) electrons. The topological polar surface area (TPSA) is 66.5 Å². The Labute approximate surface area is 124 Å². The number of carbonyl (C=O) groups excluding carboxylic acids is 3. The Kier molecular flexibility index (Phi) is 4.73. The largest absolute Gasteiger partial charge is 0.325 e. The molecule has 0 saturated heterocycles. The highest BCUT2D eigenvalue weighted by Gasteiger charge is 2.25. The first-order valence-corrected chi connectivity index (χ1v) is 7.14. The number of carbonyl (C=O) groups is 3. The van der Waals surface area contributed by atoms with Gasteiger partial charge < -0.3 is 10.2 Å². The number of ketones is 2. The molecule has 0 atom stereocenters. The molecule has 0 bridgehead atoms. The molecule has 0 aromatic heterocycles. The van der Waals surface area contributed by atoms with Crippen LogP contribution in [0, 0.1) is 0 Å². The number of hydrogen-bond acceptors (Lipinski definition) is 3. The van der Waals surface area contributed by atoms with E-state index in [0.717, 1.165) is 12.8 Å². The van der Waals surface area contributed by atoms with E-state index in [1.54, 1.807) is 36.2 Å². The predicted octanol–water partition coefficient (Wildman–Crippen LogP) is 2.86. The standard InChI is InChI=1S/C16H20N2O3/c1-11(19)12-3-5-13(6-4-12)17-16(21)18(2)14-7-9-15(20)10-8-14/h3-6,14H,7-10H2,1-2H3,(H,17,21). The highest BCUT2D eigenvalue weighted by atomic mass is 16.2. The molecule has 1 fully saturated rings. The van der Waals surface area contributed by atoms with E-state index in [4.69, 9.17) is 0 Å². The normalized spacial score (nSPS) is 15.6. The van der Waals surface area contributed by atoms with Gasteiger partial charge in [0.1, 0.15) is 5.78 Å². The molecule has 0 aliphatic heterocycles. The number of rotatable bonds is 3. The van der Waals surface area contributed by atoms with Crippen LogP contribution in [-0.2, 0) is 4.79 Å². The Bertz CT molecular complexity index is 541. The van der Waals surface area contributed by atoms with Gasteiger partial charge in [0, 0.05) is 37.2 Å². The minimum Gasteiger partial charge on any atom is -0.325 e. The molecule has 0 spiro atoms. The van der Waals surface area contributed by atoms with Crippen molar-refractivity contribution < 1.29 is 14.4 Å². The van der Waals surface area contributed by atoms with Crippen LogP contribution in [0.3, 0.4) is 0 Å². The fraction of sp³-hybridized carbons (Fsp3) is 0.438. The third kappa shape index (κ3) is 3.90. The zero-order chi connectivity index (χ0) is 15.4. The molecule has 1 aliphatic rings. The maximum atomic E-state index is 12.2. The number of Topliss-reactive ketones (excluding diaryl/α,β-unsaturated/α-hetero) is 2. The van der Waals surface area contributed by atoms with E-state index in [-0.39, 0.29) is 23.6 Å². The van der Waals surface area contributed by atoms with Crippen molar-refractivity contribution in [2.45, 2.75) is 38.6 Å². The van der Waals surface area contributed by atoms with Crippen LogP contribution in [-0.4, -0.2) is 35.6 Å². The molecule has 21 heavy (non-hydrogen) atoms. The van der Waals surface area contributed by atoms with Crippen molar-refractivity contribution in [3.05, 3.63) is 29.8 Å². The second-order valence-corrected chi connectivity index (χ2v) is 5.44. The van der Waals surface area contributed by atoms with Crippen LogP contribution in [0.25, 0.3) is 0 Å². The van der Waals surface area contributed by atoms with Gasteiger partial charge in [0.15, 0.2) is 5.78 Å². The third-order valence-corrected chi connectivity index (χ3v) is 3.92. The lowest BCUT2D eigenvalue weighted by atomic mass is 9.93. The van der Waals surface area contributed by atoms with Crippen LogP contribution >= 0.6 is 0 Å². The van der Waals surface area contributed by atoms with E-state index < -0.39 is 0 Å². The van der Waals surface area contributed by atoms with E-state index in [1.165, 1.54) is 6.92 Å². The van der Waals surface area contributed by atoms with Crippen LogP contribution in [0.2, 0.25) is 0 Å². The monoisotopic (exact) mass is 288 g/mol. The van der Waals surface area contributed by atoms with Gasteiger partial charge in [-0.1, -0.05) is 0 Å². The molecule has 0 heterocycles. The molecule has 1 saturated carbocycles. The predicted molar refractivity (Wildman–Crippen MR) is 80.5 cm³/mol. The molecule has 5 heteroatoms. The maximum Gasteiger partial charge on any atom is 0.321 e. The van der Waals surface area contributed by atoms with Crippen LogP contribution < -0.4 is 5.32 Å². The average Bonchev–Trinajstić information content (AvgIpc) is 2.47. The summed E-state index contributed by atoms with van der Waals surface area (Å²) >= 11 is 0. The second-order valence-electron chi connectivity index (χ2n) is 5.44. The first-order chi connectivity index (χ1) is 9.97. The fourth-order valence-corrected chi connectivity index (χ4v) is 2.48. The van der Waals surface area contributed by atoms with Gasteiger partial charge in [-0.15, -0.1) is 0 Å². The molecule has 1 aliphatic carbocycles. The SMILES string of the molecule is CC(=O)c1ccc(NC(=O)N(C)C2CCC(=O)CC2)cc1. The molecule has 2 amide bonds.